The van der Waals surface area contributed by atoms with Crippen molar-refractivity contribution in [3.8, 4) is 0 Å². The first-order valence-corrected chi connectivity index (χ1v) is 10.5. The highest BCUT2D eigenvalue weighted by molar-refractivity contribution is 8.05. The maximum atomic E-state index is 12.1. The molecule has 0 saturated heterocycles. The molecule has 0 spiro atoms. The summed E-state index contributed by atoms with van der Waals surface area (Å²) in [4.78, 5) is -0.606. The molecule has 0 radical (unpaired) electrons. The van der Waals surface area contributed by atoms with Crippen molar-refractivity contribution in [1.29, 1.82) is 0 Å². The predicted octanol–water partition coefficient (Wildman–Crippen LogP) is 4.54. The van der Waals surface area contributed by atoms with E-state index in [1.54, 1.807) is 0 Å². The van der Waals surface area contributed by atoms with Crippen molar-refractivity contribution in [3.63, 3.8) is 0 Å². The van der Waals surface area contributed by atoms with Crippen LogP contribution in [0.25, 0.3) is 6.08 Å². The Morgan fingerprint density at radius 1 is 0.880 bits per heavy atom. The molecule has 0 unspecified atom stereocenters. The third kappa shape index (κ3) is 9.61. The molecule has 0 fully saturated rings. The molecule has 0 bridgehead atoms. The van der Waals surface area contributed by atoms with E-state index in [9.17, 15) is 30.0 Å². The molecular weight excluding hydrogens is 379 g/mol. The molecule has 1 aromatic carbocycles. The molecule has 5 nitrogen and oxygen atoms in total. The number of rotatable bonds is 4. The minimum atomic E-state index is -5.98. The molecule has 0 saturated carbocycles. The third-order valence-electron chi connectivity index (χ3n) is 1.95. The molecule has 10 heteroatoms. The molecule has 0 aliphatic rings. The Balaban J connectivity index is -0.000000725. The van der Waals surface area contributed by atoms with E-state index in [0.29, 0.717) is 9.69 Å². The van der Waals surface area contributed by atoms with Gasteiger partial charge in [-0.05, 0) is 17.7 Å². The van der Waals surface area contributed by atoms with E-state index in [4.69, 9.17) is 0 Å². The fourth-order valence-corrected chi connectivity index (χ4v) is 3.44. The van der Waals surface area contributed by atoms with Gasteiger partial charge in [0, 0.05) is 0 Å². The van der Waals surface area contributed by atoms with Crippen LogP contribution in [0, 0.1) is 0 Å². The van der Waals surface area contributed by atoms with Crippen LogP contribution in [0.3, 0.4) is 0 Å². The summed E-state index contributed by atoms with van der Waals surface area (Å²) in [6, 6.07) is 4.46. The van der Waals surface area contributed by atoms with Crippen LogP contribution < -0.4 is 4.13 Å². The van der Waals surface area contributed by atoms with Crippen LogP contribution in [0.2, 0.25) is 0 Å². The van der Waals surface area contributed by atoms with Gasteiger partial charge < -0.3 is 0 Å². The van der Waals surface area contributed by atoms with Crippen LogP contribution >= 0.6 is 0 Å². The van der Waals surface area contributed by atoms with Crippen LogP contribution in [-0.4, -0.2) is 22.3 Å². The van der Waals surface area contributed by atoms with Crippen molar-refractivity contribution < 1.29 is 30.0 Å². The second-order valence-corrected chi connectivity index (χ2v) is 6.92. The number of sulfonamides is 2. The molecule has 0 amide bonds. The molecule has 148 valence electrons. The third-order valence-corrected chi connectivity index (χ3v) is 5.21. The summed E-state index contributed by atoms with van der Waals surface area (Å²) in [6.45, 7) is 15.4. The van der Waals surface area contributed by atoms with Gasteiger partial charge in [-0.1, -0.05) is 70.5 Å². The van der Waals surface area contributed by atoms with Crippen LogP contribution in [0.4, 0.5) is 13.2 Å². The highest BCUT2D eigenvalue weighted by atomic mass is 32.3. The summed E-state index contributed by atoms with van der Waals surface area (Å²) in [5, 5.41) is 0. The lowest BCUT2D eigenvalue weighted by atomic mass is 10.2. The monoisotopic (exact) mass is 405 g/mol. The van der Waals surface area contributed by atoms with Crippen LogP contribution in [0.1, 0.15) is 47.1 Å². The maximum absolute atomic E-state index is 12.1. The van der Waals surface area contributed by atoms with E-state index in [0.717, 1.165) is 12.1 Å². The first kappa shape index (κ1) is 28.4. The zero-order valence-corrected chi connectivity index (χ0v) is 16.8. The number of alkyl halides is 3. The number of benzene rings is 1. The summed E-state index contributed by atoms with van der Waals surface area (Å²) in [5.74, 6) is 0. The molecule has 25 heavy (non-hydrogen) atoms. The minimum Gasteiger partial charge on any atom is -0.206 e. The first-order chi connectivity index (χ1) is 11.5. The molecule has 0 heterocycles. The van der Waals surface area contributed by atoms with E-state index in [2.05, 4.69) is 6.58 Å². The zero-order valence-electron chi connectivity index (χ0n) is 15.2. The van der Waals surface area contributed by atoms with E-state index in [1.807, 2.05) is 41.5 Å². The fraction of sp³-hybridized carbons (Fsp3) is 0.467. The Hall–Kier alpha value is -1.39. The smallest absolute Gasteiger partial charge is 0.206 e. The Kier molecular flexibility index (Phi) is 14.7. The molecule has 1 aromatic rings. The lowest BCUT2D eigenvalue weighted by Crippen LogP contribution is -2.40. The normalized spacial score (nSPS) is 10.8. The maximum Gasteiger partial charge on any atom is 0.512 e. The molecule has 1 N–H and O–H groups in total. The number of hydrogen-bond donors (Lipinski definition) is 1. The fourth-order valence-electron chi connectivity index (χ4n) is 1.02. The van der Waals surface area contributed by atoms with Crippen molar-refractivity contribution >= 4 is 26.1 Å². The Morgan fingerprint density at radius 2 is 1.24 bits per heavy atom. The van der Waals surface area contributed by atoms with Gasteiger partial charge >= 0.3 is 15.5 Å². The summed E-state index contributed by atoms with van der Waals surface area (Å²) in [5.41, 5.74) is -5.18. The summed E-state index contributed by atoms with van der Waals surface area (Å²) < 4.78 is 81.3. The van der Waals surface area contributed by atoms with Crippen molar-refractivity contribution in [2.45, 2.75) is 51.9 Å². The van der Waals surface area contributed by atoms with Gasteiger partial charge in [-0.25, -0.2) is 16.8 Å². The largest absolute Gasteiger partial charge is 0.512 e. The Labute approximate surface area is 149 Å². The minimum absolute atomic E-state index is 0.526. The van der Waals surface area contributed by atoms with Crippen LogP contribution in [0.15, 0.2) is 35.7 Å². The second-order valence-electron chi connectivity index (χ2n) is 3.31. The van der Waals surface area contributed by atoms with Gasteiger partial charge in [0.15, 0.2) is 0 Å². The lowest BCUT2D eigenvalue weighted by molar-refractivity contribution is -0.0441. The molecule has 0 aromatic heterocycles. The van der Waals surface area contributed by atoms with E-state index < -0.39 is 30.5 Å². The second kappa shape index (κ2) is 12.9. The number of hydrogen-bond acceptors (Lipinski definition) is 4. The SMILES string of the molecule is C=Cc1ccc(S(=O)(=O)NS(=O)(=O)C(F)(F)F)cc1.CC.CC.CC. The molecule has 0 atom stereocenters. The lowest BCUT2D eigenvalue weighted by Gasteiger charge is -2.10. The van der Waals surface area contributed by atoms with Gasteiger partial charge in [-0.15, -0.1) is 0 Å². The van der Waals surface area contributed by atoms with E-state index in [1.165, 1.54) is 18.2 Å². The topological polar surface area (TPSA) is 80.3 Å². The average molecular weight is 406 g/mol. The van der Waals surface area contributed by atoms with Gasteiger partial charge in [0.25, 0.3) is 10.0 Å². The molecule has 1 rings (SSSR count). The van der Waals surface area contributed by atoms with Gasteiger partial charge in [-0.2, -0.15) is 13.2 Å². The predicted molar refractivity (Wildman–Crippen MR) is 95.9 cm³/mol. The summed E-state index contributed by atoms with van der Waals surface area (Å²) >= 11 is 0. The number of nitrogens with one attached hydrogen (secondary N) is 1. The standard InChI is InChI=1S/C9H8F3NO4S2.3C2H6/c1-2-7-3-5-8(6-4-7)18(14,15)13-19(16,17)9(10,11)12;3*1-2/h2-6,13H,1H2;3*1-2H3. The van der Waals surface area contributed by atoms with Crippen molar-refractivity contribution in [2.24, 2.45) is 0 Å². The van der Waals surface area contributed by atoms with Crippen molar-refractivity contribution in [2.75, 3.05) is 0 Å². The summed E-state index contributed by atoms with van der Waals surface area (Å²) in [7, 11) is -10.8. The van der Waals surface area contributed by atoms with E-state index >= 15 is 0 Å². The van der Waals surface area contributed by atoms with Gasteiger partial charge in [0.05, 0.1) is 4.90 Å². The Morgan fingerprint density at radius 3 is 1.52 bits per heavy atom. The van der Waals surface area contributed by atoms with Crippen molar-refractivity contribution in [1.82, 2.24) is 4.13 Å². The number of halogens is 3. The molecule has 0 aliphatic carbocycles. The van der Waals surface area contributed by atoms with Gasteiger partial charge in [-0.3, -0.25) is 0 Å². The average Bonchev–Trinajstić information content (AvgIpc) is 2.58. The van der Waals surface area contributed by atoms with Gasteiger partial charge in [0.1, 0.15) is 0 Å². The highest BCUT2D eigenvalue weighted by Crippen LogP contribution is 2.23. The summed E-state index contributed by atoms with van der Waals surface area (Å²) in [6.07, 6.45) is 1.39. The van der Waals surface area contributed by atoms with Crippen LogP contribution in [0.5, 0.6) is 0 Å². The van der Waals surface area contributed by atoms with Crippen molar-refractivity contribution in [3.05, 3.63) is 36.4 Å². The molecule has 0 aliphatic heterocycles. The zero-order chi connectivity index (χ0) is 20.9. The van der Waals surface area contributed by atoms with E-state index in [-0.39, 0.29) is 0 Å². The quantitative estimate of drug-likeness (QED) is 0.798. The van der Waals surface area contributed by atoms with Crippen LogP contribution in [-0.2, 0) is 20.0 Å². The highest BCUT2D eigenvalue weighted by Gasteiger charge is 2.48. The van der Waals surface area contributed by atoms with Gasteiger partial charge in [0.2, 0.25) is 0 Å². The Bertz CT molecular complexity index is 680. The first-order valence-electron chi connectivity index (χ1n) is 7.57. The molecular formula is C15H26F3NO4S2.